The summed E-state index contributed by atoms with van der Waals surface area (Å²) in [4.78, 5) is 0. The Hall–Kier alpha value is -1.99. The molecule has 0 saturated carbocycles. The molecule has 0 aromatic heterocycles. The molecular formula is C15H13BrN2O. The molecular weight excluding hydrogens is 304 g/mol. The molecule has 19 heavy (non-hydrogen) atoms. The third kappa shape index (κ3) is 4.01. The number of benzene rings is 2. The van der Waals surface area contributed by atoms with Gasteiger partial charge in [-0.3, -0.25) is 0 Å². The SMILES string of the molecule is N#Cc1cc(Br)cc(NCCc2ccc(O)cc2)c1. The summed E-state index contributed by atoms with van der Waals surface area (Å²) in [7, 11) is 0. The third-order valence-corrected chi connectivity index (χ3v) is 3.16. The van der Waals surface area contributed by atoms with E-state index in [0.717, 1.165) is 28.7 Å². The topological polar surface area (TPSA) is 56.0 Å². The van der Waals surface area contributed by atoms with Gasteiger partial charge in [-0.2, -0.15) is 5.26 Å². The molecule has 2 N–H and O–H groups in total. The molecule has 0 aliphatic heterocycles. The molecule has 2 aromatic carbocycles. The number of phenols is 1. The van der Waals surface area contributed by atoms with Gasteiger partial charge in [0.15, 0.2) is 0 Å². The number of hydrogen-bond acceptors (Lipinski definition) is 3. The van der Waals surface area contributed by atoms with E-state index in [1.807, 2.05) is 24.3 Å². The lowest BCUT2D eigenvalue weighted by atomic mass is 10.1. The normalized spacial score (nSPS) is 9.89. The summed E-state index contributed by atoms with van der Waals surface area (Å²) < 4.78 is 0.888. The maximum atomic E-state index is 9.20. The van der Waals surface area contributed by atoms with Crippen molar-refractivity contribution in [2.75, 3.05) is 11.9 Å². The highest BCUT2D eigenvalue weighted by molar-refractivity contribution is 9.10. The fraction of sp³-hybridized carbons (Fsp3) is 0.133. The zero-order chi connectivity index (χ0) is 13.7. The summed E-state index contributed by atoms with van der Waals surface area (Å²) in [6, 6.07) is 14.8. The van der Waals surface area contributed by atoms with Gasteiger partial charge in [0.25, 0.3) is 0 Å². The first kappa shape index (κ1) is 13.4. The first-order chi connectivity index (χ1) is 9.17. The third-order valence-electron chi connectivity index (χ3n) is 2.71. The number of nitrogens with zero attached hydrogens (tertiary/aromatic N) is 1. The number of anilines is 1. The van der Waals surface area contributed by atoms with Crippen LogP contribution in [-0.4, -0.2) is 11.7 Å². The van der Waals surface area contributed by atoms with E-state index in [1.165, 1.54) is 0 Å². The highest BCUT2D eigenvalue weighted by atomic mass is 79.9. The number of halogens is 1. The molecule has 0 heterocycles. The van der Waals surface area contributed by atoms with Crippen molar-refractivity contribution >= 4 is 21.6 Å². The molecule has 96 valence electrons. The van der Waals surface area contributed by atoms with E-state index in [2.05, 4.69) is 27.3 Å². The molecule has 3 nitrogen and oxygen atoms in total. The van der Waals surface area contributed by atoms with E-state index < -0.39 is 0 Å². The van der Waals surface area contributed by atoms with E-state index in [4.69, 9.17) is 5.26 Å². The molecule has 2 aromatic rings. The van der Waals surface area contributed by atoms with Crippen LogP contribution in [0.2, 0.25) is 0 Å². The highest BCUT2D eigenvalue weighted by Gasteiger charge is 1.99. The zero-order valence-corrected chi connectivity index (χ0v) is 11.8. The predicted molar refractivity (Wildman–Crippen MR) is 79.2 cm³/mol. The second-order valence-electron chi connectivity index (χ2n) is 4.18. The van der Waals surface area contributed by atoms with Crippen LogP contribution in [0.4, 0.5) is 5.69 Å². The van der Waals surface area contributed by atoms with Crippen molar-refractivity contribution in [2.24, 2.45) is 0 Å². The molecule has 2 rings (SSSR count). The van der Waals surface area contributed by atoms with Crippen LogP contribution in [0.1, 0.15) is 11.1 Å². The Labute approximate surface area is 120 Å². The number of aromatic hydroxyl groups is 1. The number of phenolic OH excluding ortho intramolecular Hbond substituents is 1. The fourth-order valence-corrected chi connectivity index (χ4v) is 2.26. The van der Waals surface area contributed by atoms with Crippen LogP contribution in [0.25, 0.3) is 0 Å². The second kappa shape index (κ2) is 6.26. The Morgan fingerprint density at radius 3 is 2.58 bits per heavy atom. The summed E-state index contributed by atoms with van der Waals surface area (Å²) in [6.45, 7) is 0.770. The predicted octanol–water partition coefficient (Wildman–Crippen LogP) is 3.68. The van der Waals surface area contributed by atoms with Gasteiger partial charge in [0.05, 0.1) is 11.6 Å². The van der Waals surface area contributed by atoms with Crippen LogP contribution in [0.3, 0.4) is 0 Å². The van der Waals surface area contributed by atoms with E-state index in [-0.39, 0.29) is 5.75 Å². The average molecular weight is 317 g/mol. The standard InChI is InChI=1S/C15H13BrN2O/c16-13-7-12(10-17)8-14(9-13)18-6-5-11-1-3-15(19)4-2-11/h1-4,7-9,18-19H,5-6H2. The minimum Gasteiger partial charge on any atom is -0.508 e. The maximum absolute atomic E-state index is 9.20. The summed E-state index contributed by atoms with van der Waals surface area (Å²) >= 11 is 3.38. The second-order valence-corrected chi connectivity index (χ2v) is 5.10. The Morgan fingerprint density at radius 1 is 1.16 bits per heavy atom. The van der Waals surface area contributed by atoms with Gasteiger partial charge in [0, 0.05) is 16.7 Å². The smallest absolute Gasteiger partial charge is 0.115 e. The van der Waals surface area contributed by atoms with Crippen LogP contribution in [-0.2, 0) is 6.42 Å². The fourth-order valence-electron chi connectivity index (χ4n) is 1.77. The van der Waals surface area contributed by atoms with Crippen molar-refractivity contribution in [3.63, 3.8) is 0 Å². The Kier molecular flexibility index (Phi) is 4.43. The van der Waals surface area contributed by atoms with Crippen molar-refractivity contribution in [3.05, 3.63) is 58.1 Å². The molecule has 0 atom stereocenters. The van der Waals surface area contributed by atoms with Crippen molar-refractivity contribution in [1.29, 1.82) is 5.26 Å². The maximum Gasteiger partial charge on any atom is 0.115 e. The largest absolute Gasteiger partial charge is 0.508 e. The van der Waals surface area contributed by atoms with Gasteiger partial charge in [-0.15, -0.1) is 0 Å². The van der Waals surface area contributed by atoms with Gasteiger partial charge >= 0.3 is 0 Å². The van der Waals surface area contributed by atoms with Crippen LogP contribution in [0.15, 0.2) is 46.9 Å². The lowest BCUT2D eigenvalue weighted by Gasteiger charge is -2.07. The average Bonchev–Trinajstić information content (AvgIpc) is 2.40. The van der Waals surface area contributed by atoms with E-state index in [0.29, 0.717) is 5.56 Å². The highest BCUT2D eigenvalue weighted by Crippen LogP contribution is 2.19. The Morgan fingerprint density at radius 2 is 1.89 bits per heavy atom. The van der Waals surface area contributed by atoms with Gasteiger partial charge in [0.2, 0.25) is 0 Å². The monoisotopic (exact) mass is 316 g/mol. The molecule has 0 aliphatic rings. The number of nitriles is 1. The van der Waals surface area contributed by atoms with Crippen LogP contribution in [0, 0.1) is 11.3 Å². The minimum absolute atomic E-state index is 0.280. The Balaban J connectivity index is 1.94. The first-order valence-electron chi connectivity index (χ1n) is 5.90. The van der Waals surface area contributed by atoms with Crippen molar-refractivity contribution < 1.29 is 5.11 Å². The number of rotatable bonds is 4. The van der Waals surface area contributed by atoms with E-state index >= 15 is 0 Å². The van der Waals surface area contributed by atoms with Gasteiger partial charge in [-0.05, 0) is 42.3 Å². The summed E-state index contributed by atoms with van der Waals surface area (Å²) in [5.74, 6) is 0.280. The molecule has 0 fully saturated rings. The van der Waals surface area contributed by atoms with Crippen molar-refractivity contribution in [3.8, 4) is 11.8 Å². The van der Waals surface area contributed by atoms with Gasteiger partial charge < -0.3 is 10.4 Å². The van der Waals surface area contributed by atoms with Crippen LogP contribution in [0.5, 0.6) is 5.75 Å². The first-order valence-corrected chi connectivity index (χ1v) is 6.69. The summed E-state index contributed by atoms with van der Waals surface area (Å²) in [6.07, 6.45) is 0.856. The number of hydrogen-bond donors (Lipinski definition) is 2. The number of nitrogens with one attached hydrogen (secondary N) is 1. The molecule has 0 aliphatic carbocycles. The van der Waals surface area contributed by atoms with Gasteiger partial charge in [0.1, 0.15) is 5.75 Å². The van der Waals surface area contributed by atoms with Crippen LogP contribution >= 0.6 is 15.9 Å². The molecule has 0 radical (unpaired) electrons. The van der Waals surface area contributed by atoms with E-state index in [1.54, 1.807) is 18.2 Å². The van der Waals surface area contributed by atoms with E-state index in [9.17, 15) is 5.11 Å². The van der Waals surface area contributed by atoms with Gasteiger partial charge in [-0.1, -0.05) is 28.1 Å². The Bertz CT molecular complexity index is 603. The molecule has 0 spiro atoms. The molecule has 0 amide bonds. The van der Waals surface area contributed by atoms with Gasteiger partial charge in [-0.25, -0.2) is 0 Å². The quantitative estimate of drug-likeness (QED) is 0.904. The lowest BCUT2D eigenvalue weighted by molar-refractivity contribution is 0.475. The molecule has 0 saturated heterocycles. The summed E-state index contributed by atoms with van der Waals surface area (Å²) in [5, 5.41) is 21.4. The summed E-state index contributed by atoms with van der Waals surface area (Å²) in [5.41, 5.74) is 2.70. The van der Waals surface area contributed by atoms with Crippen LogP contribution < -0.4 is 5.32 Å². The van der Waals surface area contributed by atoms with Crippen molar-refractivity contribution in [1.82, 2.24) is 0 Å². The lowest BCUT2D eigenvalue weighted by Crippen LogP contribution is -2.04. The zero-order valence-electron chi connectivity index (χ0n) is 10.2. The van der Waals surface area contributed by atoms with Crippen molar-refractivity contribution in [2.45, 2.75) is 6.42 Å². The minimum atomic E-state index is 0.280. The molecule has 4 heteroatoms. The molecule has 0 bridgehead atoms. The molecule has 0 unspecified atom stereocenters.